The van der Waals surface area contributed by atoms with Crippen LogP contribution in [-0.2, 0) is 14.8 Å². The standard InChI is InChI=1S/C10H9Cl2NO4S/c1-5(14)2-9(15)6-3-10(18(13,16)17)8(12)4-7(6)11/h3-4H,2H2,1H3,(H2,13,16,17). The predicted octanol–water partition coefficient (Wildman–Crippen LogP) is 1.80. The second-order valence-electron chi connectivity index (χ2n) is 3.61. The van der Waals surface area contributed by atoms with Gasteiger partial charge in [0, 0.05) is 5.56 Å². The minimum absolute atomic E-state index is 0.0290. The number of carbonyl (C=O) groups is 2. The van der Waals surface area contributed by atoms with Crippen LogP contribution in [0.25, 0.3) is 0 Å². The van der Waals surface area contributed by atoms with E-state index in [1.807, 2.05) is 0 Å². The van der Waals surface area contributed by atoms with Gasteiger partial charge in [-0.25, -0.2) is 13.6 Å². The molecule has 0 aliphatic carbocycles. The molecule has 0 heterocycles. The molecule has 5 nitrogen and oxygen atoms in total. The lowest BCUT2D eigenvalue weighted by Gasteiger charge is -2.07. The van der Waals surface area contributed by atoms with Gasteiger partial charge in [0.15, 0.2) is 5.78 Å². The summed E-state index contributed by atoms with van der Waals surface area (Å²) in [7, 11) is -4.06. The zero-order chi connectivity index (χ0) is 14.1. The Balaban J connectivity index is 3.39. The van der Waals surface area contributed by atoms with E-state index >= 15 is 0 Å². The van der Waals surface area contributed by atoms with Crippen LogP contribution in [0.3, 0.4) is 0 Å². The van der Waals surface area contributed by atoms with Gasteiger partial charge in [-0.2, -0.15) is 0 Å². The van der Waals surface area contributed by atoms with Crippen LogP contribution < -0.4 is 5.14 Å². The summed E-state index contributed by atoms with van der Waals surface area (Å²) in [4.78, 5) is 22.1. The summed E-state index contributed by atoms with van der Waals surface area (Å²) in [5.41, 5.74) is -0.0970. The second-order valence-corrected chi connectivity index (χ2v) is 5.95. The topological polar surface area (TPSA) is 94.3 Å². The molecule has 0 amide bonds. The third-order valence-corrected chi connectivity index (χ3v) is 3.73. The highest BCUT2D eigenvalue weighted by Crippen LogP contribution is 2.28. The van der Waals surface area contributed by atoms with Gasteiger partial charge in [0.05, 0.1) is 16.5 Å². The molecule has 0 aliphatic heterocycles. The van der Waals surface area contributed by atoms with Gasteiger partial charge >= 0.3 is 0 Å². The van der Waals surface area contributed by atoms with Crippen molar-refractivity contribution in [1.82, 2.24) is 0 Å². The Morgan fingerprint density at radius 3 is 2.22 bits per heavy atom. The number of primary sulfonamides is 1. The molecule has 0 unspecified atom stereocenters. The Labute approximate surface area is 114 Å². The Morgan fingerprint density at radius 2 is 1.78 bits per heavy atom. The summed E-state index contributed by atoms with van der Waals surface area (Å²) >= 11 is 11.5. The molecule has 0 atom stereocenters. The Morgan fingerprint density at radius 1 is 1.22 bits per heavy atom. The minimum Gasteiger partial charge on any atom is -0.300 e. The monoisotopic (exact) mass is 309 g/mol. The lowest BCUT2D eigenvalue weighted by atomic mass is 10.1. The SMILES string of the molecule is CC(=O)CC(=O)c1cc(S(N)(=O)=O)c(Cl)cc1Cl. The molecule has 2 N–H and O–H groups in total. The molecular formula is C10H9Cl2NO4S. The normalized spacial score (nSPS) is 11.3. The number of rotatable bonds is 4. The third kappa shape index (κ3) is 3.52. The van der Waals surface area contributed by atoms with Gasteiger partial charge < -0.3 is 0 Å². The molecule has 8 heteroatoms. The van der Waals surface area contributed by atoms with Crippen LogP contribution >= 0.6 is 23.2 Å². The number of sulfonamides is 1. The van der Waals surface area contributed by atoms with E-state index in [2.05, 4.69) is 0 Å². The molecular weight excluding hydrogens is 301 g/mol. The van der Waals surface area contributed by atoms with Gasteiger partial charge in [-0.1, -0.05) is 23.2 Å². The molecule has 18 heavy (non-hydrogen) atoms. The van der Waals surface area contributed by atoms with Gasteiger partial charge in [0.2, 0.25) is 10.0 Å². The molecule has 1 aromatic rings. The first-order valence-electron chi connectivity index (χ1n) is 4.67. The van der Waals surface area contributed by atoms with Crippen LogP contribution in [0, 0.1) is 0 Å². The van der Waals surface area contributed by atoms with Gasteiger partial charge in [-0.3, -0.25) is 9.59 Å². The molecule has 0 saturated heterocycles. The molecule has 1 rings (SSSR count). The van der Waals surface area contributed by atoms with Gasteiger partial charge in [0.25, 0.3) is 0 Å². The van der Waals surface area contributed by atoms with Crippen molar-refractivity contribution in [3.8, 4) is 0 Å². The number of ketones is 2. The number of carbonyl (C=O) groups excluding carboxylic acids is 2. The van der Waals surface area contributed by atoms with Crippen molar-refractivity contribution in [3.63, 3.8) is 0 Å². The van der Waals surface area contributed by atoms with Gasteiger partial charge in [-0.15, -0.1) is 0 Å². The van der Waals surface area contributed by atoms with Crippen molar-refractivity contribution in [1.29, 1.82) is 0 Å². The maximum atomic E-state index is 11.7. The molecule has 98 valence electrons. The van der Waals surface area contributed by atoms with E-state index in [1.54, 1.807) is 0 Å². The van der Waals surface area contributed by atoms with Gasteiger partial charge in [-0.05, 0) is 19.1 Å². The highest BCUT2D eigenvalue weighted by molar-refractivity contribution is 7.89. The molecule has 1 aromatic carbocycles. The zero-order valence-corrected chi connectivity index (χ0v) is 11.6. The highest BCUT2D eigenvalue weighted by Gasteiger charge is 2.20. The van der Waals surface area contributed by atoms with Crippen molar-refractivity contribution >= 4 is 44.8 Å². The smallest absolute Gasteiger partial charge is 0.239 e. The van der Waals surface area contributed by atoms with Crippen molar-refractivity contribution < 1.29 is 18.0 Å². The largest absolute Gasteiger partial charge is 0.300 e. The Kier molecular flexibility index (Phi) is 4.50. The first-order valence-corrected chi connectivity index (χ1v) is 6.97. The minimum atomic E-state index is -4.06. The van der Waals surface area contributed by atoms with Crippen molar-refractivity contribution in [2.24, 2.45) is 5.14 Å². The number of nitrogens with two attached hydrogens (primary N) is 1. The van der Waals surface area contributed by atoms with Crippen molar-refractivity contribution in [2.45, 2.75) is 18.2 Å². The average molecular weight is 310 g/mol. The number of Topliss-reactive ketones (excluding diaryl/α,β-unsaturated/α-hetero) is 2. The van der Waals surface area contributed by atoms with Crippen molar-refractivity contribution in [3.05, 3.63) is 27.7 Å². The van der Waals surface area contributed by atoms with Crippen LogP contribution in [0.4, 0.5) is 0 Å². The molecule has 0 fully saturated rings. The summed E-state index contributed by atoms with van der Waals surface area (Å²) in [6.07, 6.45) is -0.370. The molecule has 0 bridgehead atoms. The fourth-order valence-corrected chi connectivity index (χ4v) is 2.71. The van der Waals surface area contributed by atoms with E-state index in [0.717, 1.165) is 12.1 Å². The van der Waals surface area contributed by atoms with Crippen LogP contribution in [-0.4, -0.2) is 20.0 Å². The summed E-state index contributed by atoms with van der Waals surface area (Å²) < 4.78 is 22.5. The Hall–Kier alpha value is -0.950. The summed E-state index contributed by atoms with van der Waals surface area (Å²) in [5.74, 6) is -0.947. The molecule has 0 aromatic heterocycles. The van der Waals surface area contributed by atoms with Crippen LogP contribution in [0.5, 0.6) is 0 Å². The van der Waals surface area contributed by atoms with Crippen LogP contribution in [0.2, 0.25) is 10.0 Å². The maximum absolute atomic E-state index is 11.7. The lowest BCUT2D eigenvalue weighted by Crippen LogP contribution is -2.14. The molecule has 0 spiro atoms. The van der Waals surface area contributed by atoms with E-state index in [4.69, 9.17) is 28.3 Å². The van der Waals surface area contributed by atoms with E-state index in [9.17, 15) is 18.0 Å². The lowest BCUT2D eigenvalue weighted by molar-refractivity contribution is -0.116. The van der Waals surface area contributed by atoms with E-state index in [1.165, 1.54) is 6.92 Å². The van der Waals surface area contributed by atoms with Crippen molar-refractivity contribution in [2.75, 3.05) is 0 Å². The summed E-state index contributed by atoms with van der Waals surface area (Å²) in [6, 6.07) is 2.08. The first kappa shape index (κ1) is 15.1. The molecule has 0 radical (unpaired) electrons. The third-order valence-electron chi connectivity index (χ3n) is 2.04. The summed E-state index contributed by atoms with van der Waals surface area (Å²) in [6.45, 7) is 1.24. The zero-order valence-electron chi connectivity index (χ0n) is 9.24. The number of halogens is 2. The average Bonchev–Trinajstić information content (AvgIpc) is 2.13. The Bertz CT molecular complexity index is 625. The first-order chi connectivity index (χ1) is 8.12. The second kappa shape index (κ2) is 5.36. The maximum Gasteiger partial charge on any atom is 0.239 e. The number of hydrogen-bond acceptors (Lipinski definition) is 4. The van der Waals surface area contributed by atoms with Gasteiger partial charge in [0.1, 0.15) is 10.7 Å². The highest BCUT2D eigenvalue weighted by atomic mass is 35.5. The quantitative estimate of drug-likeness (QED) is 0.677. The fourth-order valence-electron chi connectivity index (χ4n) is 1.28. The van der Waals surface area contributed by atoms with E-state index in [-0.39, 0.29) is 27.8 Å². The fraction of sp³-hybridized carbons (Fsp3) is 0.200. The predicted molar refractivity (Wildman–Crippen MR) is 67.5 cm³/mol. The number of benzene rings is 1. The van der Waals surface area contributed by atoms with Crippen LogP contribution in [0.15, 0.2) is 17.0 Å². The molecule has 0 aliphatic rings. The van der Waals surface area contributed by atoms with Crippen LogP contribution in [0.1, 0.15) is 23.7 Å². The molecule has 0 saturated carbocycles. The summed E-state index contributed by atoms with van der Waals surface area (Å²) in [5, 5.41) is 4.74. The van der Waals surface area contributed by atoms with E-state index < -0.39 is 20.7 Å². The number of hydrogen-bond donors (Lipinski definition) is 1. The van der Waals surface area contributed by atoms with E-state index in [0.29, 0.717) is 0 Å².